The zero-order valence-corrected chi connectivity index (χ0v) is 12.0. The van der Waals surface area contributed by atoms with Crippen molar-refractivity contribution in [3.8, 4) is 0 Å². The Morgan fingerprint density at radius 2 is 1.90 bits per heavy atom. The summed E-state index contributed by atoms with van der Waals surface area (Å²) in [4.78, 5) is 8.35. The number of benzene rings is 1. The topological polar surface area (TPSA) is 110 Å². The molecule has 0 fully saturated rings. The van der Waals surface area contributed by atoms with Gasteiger partial charge in [-0.2, -0.15) is 4.39 Å². The minimum absolute atomic E-state index is 0.131. The van der Waals surface area contributed by atoms with Gasteiger partial charge in [0.25, 0.3) is 0 Å². The van der Waals surface area contributed by atoms with Gasteiger partial charge in [0.15, 0.2) is 0 Å². The standard InChI is InChI=1S/C11H14F2N2O5S/c1-6(2)10(16)5-14-21(19,20)11-4-9(15(17)18)7(12)3-8(11)13/h3-4,6,10,14,16H,5H2,1-2H3. The number of aliphatic hydroxyl groups excluding tert-OH is 1. The van der Waals surface area contributed by atoms with Gasteiger partial charge in [-0.3, -0.25) is 10.1 Å². The Bertz CT molecular complexity index is 648. The largest absolute Gasteiger partial charge is 0.391 e. The van der Waals surface area contributed by atoms with Crippen LogP contribution < -0.4 is 4.72 Å². The fourth-order valence-corrected chi connectivity index (χ4v) is 2.50. The molecule has 1 aromatic rings. The molecule has 118 valence electrons. The van der Waals surface area contributed by atoms with Gasteiger partial charge in [0.1, 0.15) is 10.7 Å². The maximum Gasteiger partial charge on any atom is 0.306 e. The number of nitro groups is 1. The molecule has 7 nitrogen and oxygen atoms in total. The molecule has 0 spiro atoms. The summed E-state index contributed by atoms with van der Waals surface area (Å²) in [6.45, 7) is 2.88. The predicted octanol–water partition coefficient (Wildman–Crippen LogP) is 1.17. The first-order chi connectivity index (χ1) is 9.56. The maximum absolute atomic E-state index is 13.5. The van der Waals surface area contributed by atoms with Gasteiger partial charge in [0, 0.05) is 18.7 Å². The molecule has 1 unspecified atom stereocenters. The first-order valence-corrected chi connectivity index (χ1v) is 7.35. The quantitative estimate of drug-likeness (QED) is 0.603. The minimum Gasteiger partial charge on any atom is -0.391 e. The van der Waals surface area contributed by atoms with Gasteiger partial charge in [0.2, 0.25) is 15.8 Å². The van der Waals surface area contributed by atoms with Gasteiger partial charge in [-0.15, -0.1) is 0 Å². The summed E-state index contributed by atoms with van der Waals surface area (Å²) < 4.78 is 52.3. The lowest BCUT2D eigenvalue weighted by Crippen LogP contribution is -2.35. The normalized spacial score (nSPS) is 13.4. The molecule has 0 aliphatic rings. The van der Waals surface area contributed by atoms with Crippen LogP contribution in [0.15, 0.2) is 17.0 Å². The van der Waals surface area contributed by atoms with Crippen LogP contribution >= 0.6 is 0 Å². The number of nitro benzene ring substituents is 1. The lowest BCUT2D eigenvalue weighted by atomic mass is 10.1. The molecule has 0 radical (unpaired) electrons. The summed E-state index contributed by atoms with van der Waals surface area (Å²) in [6, 6.07) is 0.431. The lowest BCUT2D eigenvalue weighted by molar-refractivity contribution is -0.387. The number of halogens is 2. The Labute approximate surface area is 119 Å². The number of nitrogens with zero attached hydrogens (tertiary/aromatic N) is 1. The Morgan fingerprint density at radius 1 is 1.33 bits per heavy atom. The van der Waals surface area contributed by atoms with E-state index in [1.807, 2.05) is 4.72 Å². The third-order valence-electron chi connectivity index (χ3n) is 2.74. The van der Waals surface area contributed by atoms with Crippen molar-refractivity contribution in [1.82, 2.24) is 4.72 Å². The van der Waals surface area contributed by atoms with E-state index in [-0.39, 0.29) is 12.0 Å². The fraction of sp³-hybridized carbons (Fsp3) is 0.455. The van der Waals surface area contributed by atoms with Crippen LogP contribution in [0.1, 0.15) is 13.8 Å². The van der Waals surface area contributed by atoms with Gasteiger partial charge in [0.05, 0.1) is 11.0 Å². The summed E-state index contributed by atoms with van der Waals surface area (Å²) in [5, 5.41) is 20.1. The Morgan fingerprint density at radius 3 is 2.38 bits per heavy atom. The smallest absolute Gasteiger partial charge is 0.306 e. The average Bonchev–Trinajstić information content (AvgIpc) is 2.34. The molecule has 0 aromatic heterocycles. The van der Waals surface area contributed by atoms with Crippen LogP contribution in [0.2, 0.25) is 0 Å². The van der Waals surface area contributed by atoms with Crippen molar-refractivity contribution in [2.75, 3.05) is 6.54 Å². The Hall–Kier alpha value is -1.65. The third kappa shape index (κ3) is 4.16. The molecule has 1 rings (SSSR count). The van der Waals surface area contributed by atoms with E-state index < -0.39 is 49.8 Å². The number of hydrogen-bond donors (Lipinski definition) is 2. The van der Waals surface area contributed by atoms with Crippen LogP contribution in [-0.2, 0) is 10.0 Å². The van der Waals surface area contributed by atoms with Crippen molar-refractivity contribution in [2.45, 2.75) is 24.8 Å². The lowest BCUT2D eigenvalue weighted by Gasteiger charge is -2.15. The van der Waals surface area contributed by atoms with Gasteiger partial charge in [-0.05, 0) is 5.92 Å². The number of rotatable bonds is 6. The van der Waals surface area contributed by atoms with Gasteiger partial charge < -0.3 is 5.11 Å². The molecule has 2 N–H and O–H groups in total. The molecular formula is C11H14F2N2O5S. The summed E-state index contributed by atoms with van der Waals surface area (Å²) >= 11 is 0. The Balaban J connectivity index is 3.14. The van der Waals surface area contributed by atoms with Crippen LogP contribution in [0, 0.1) is 27.7 Å². The fourth-order valence-electron chi connectivity index (χ4n) is 1.37. The molecule has 0 aliphatic carbocycles. The second-order valence-corrected chi connectivity index (χ2v) is 6.39. The van der Waals surface area contributed by atoms with E-state index in [0.29, 0.717) is 6.07 Å². The van der Waals surface area contributed by atoms with Crippen molar-refractivity contribution in [3.05, 3.63) is 33.9 Å². The highest BCUT2D eigenvalue weighted by Crippen LogP contribution is 2.24. The van der Waals surface area contributed by atoms with Crippen LogP contribution in [0.25, 0.3) is 0 Å². The van der Waals surface area contributed by atoms with Crippen molar-refractivity contribution >= 4 is 15.7 Å². The van der Waals surface area contributed by atoms with Crippen molar-refractivity contribution < 1.29 is 27.2 Å². The molecule has 0 heterocycles. The van der Waals surface area contributed by atoms with E-state index in [4.69, 9.17) is 0 Å². The first kappa shape index (κ1) is 17.4. The van der Waals surface area contributed by atoms with Crippen molar-refractivity contribution in [1.29, 1.82) is 0 Å². The summed E-state index contributed by atoms with van der Waals surface area (Å²) in [5.41, 5.74) is -1.15. The molecule has 21 heavy (non-hydrogen) atoms. The molecule has 1 atom stereocenters. The van der Waals surface area contributed by atoms with Crippen LogP contribution in [0.4, 0.5) is 14.5 Å². The van der Waals surface area contributed by atoms with E-state index >= 15 is 0 Å². The highest BCUT2D eigenvalue weighted by molar-refractivity contribution is 7.89. The van der Waals surface area contributed by atoms with E-state index in [2.05, 4.69) is 0 Å². The van der Waals surface area contributed by atoms with Crippen molar-refractivity contribution in [3.63, 3.8) is 0 Å². The molecular weight excluding hydrogens is 310 g/mol. The average molecular weight is 324 g/mol. The molecule has 0 amide bonds. The summed E-state index contributed by atoms with van der Waals surface area (Å²) in [5.74, 6) is -3.18. The molecule has 10 heteroatoms. The van der Waals surface area contributed by atoms with Gasteiger partial charge >= 0.3 is 5.69 Å². The minimum atomic E-state index is -4.45. The van der Waals surface area contributed by atoms with Crippen molar-refractivity contribution in [2.24, 2.45) is 5.92 Å². The zero-order chi connectivity index (χ0) is 16.4. The predicted molar refractivity (Wildman–Crippen MR) is 69.0 cm³/mol. The summed E-state index contributed by atoms with van der Waals surface area (Å²) in [7, 11) is -4.45. The molecule has 0 aliphatic heterocycles. The van der Waals surface area contributed by atoms with Gasteiger partial charge in [-0.1, -0.05) is 13.8 Å². The molecule has 0 saturated carbocycles. The number of aliphatic hydroxyl groups is 1. The van der Waals surface area contributed by atoms with E-state index in [0.717, 1.165) is 0 Å². The van der Waals surface area contributed by atoms with E-state index in [1.165, 1.54) is 0 Å². The van der Waals surface area contributed by atoms with Crippen LogP contribution in [0.3, 0.4) is 0 Å². The summed E-state index contributed by atoms with van der Waals surface area (Å²) in [6.07, 6.45) is -1.02. The first-order valence-electron chi connectivity index (χ1n) is 5.87. The molecule has 0 saturated heterocycles. The van der Waals surface area contributed by atoms with Gasteiger partial charge in [-0.25, -0.2) is 17.5 Å². The second-order valence-electron chi connectivity index (χ2n) is 4.65. The second kappa shape index (κ2) is 6.41. The highest BCUT2D eigenvalue weighted by atomic mass is 32.2. The zero-order valence-electron chi connectivity index (χ0n) is 11.2. The third-order valence-corrected chi connectivity index (χ3v) is 4.18. The number of sulfonamides is 1. The highest BCUT2D eigenvalue weighted by Gasteiger charge is 2.27. The molecule has 1 aromatic carbocycles. The van der Waals surface area contributed by atoms with Crippen LogP contribution in [-0.4, -0.2) is 31.1 Å². The molecule has 0 bridgehead atoms. The van der Waals surface area contributed by atoms with Crippen LogP contribution in [0.5, 0.6) is 0 Å². The SMILES string of the molecule is CC(C)C(O)CNS(=O)(=O)c1cc([N+](=O)[O-])c(F)cc1F. The number of hydrogen-bond acceptors (Lipinski definition) is 5. The van der Waals surface area contributed by atoms with E-state index in [9.17, 15) is 32.4 Å². The maximum atomic E-state index is 13.5. The van der Waals surface area contributed by atoms with E-state index in [1.54, 1.807) is 13.8 Å². The Kier molecular flexibility index (Phi) is 5.31. The number of nitrogens with one attached hydrogen (secondary N) is 1. The monoisotopic (exact) mass is 324 g/mol.